The third-order valence-electron chi connectivity index (χ3n) is 1.33. The van der Waals surface area contributed by atoms with Crippen LogP contribution in [-0.4, -0.2) is 46.6 Å². The summed E-state index contributed by atoms with van der Waals surface area (Å²) in [6, 6.07) is 0. The van der Waals surface area contributed by atoms with E-state index in [4.69, 9.17) is 15.3 Å². The van der Waals surface area contributed by atoms with E-state index >= 15 is 0 Å². The van der Waals surface area contributed by atoms with Crippen molar-refractivity contribution in [3.05, 3.63) is 24.3 Å². The third-order valence-corrected chi connectivity index (χ3v) is 1.33. The summed E-state index contributed by atoms with van der Waals surface area (Å²) in [7, 11) is 0. The number of aliphatic hydroxyl groups excluding tert-OH is 2. The summed E-state index contributed by atoms with van der Waals surface area (Å²) in [5, 5.41) is 24.9. The van der Waals surface area contributed by atoms with Crippen LogP contribution < -0.4 is 0 Å². The summed E-state index contributed by atoms with van der Waals surface area (Å²) in [6.45, 7) is 8.84. The molecule has 0 aliphatic carbocycles. The number of rotatable bonds is 5. The zero-order valence-electron chi connectivity index (χ0n) is 9.97. The summed E-state index contributed by atoms with van der Waals surface area (Å²) in [5.74, 6) is -1.49. The topological polar surface area (TPSA) is 104 Å². The molecule has 0 aromatic heterocycles. The first-order valence-electron chi connectivity index (χ1n) is 4.72. The van der Waals surface area contributed by atoms with E-state index in [2.05, 4.69) is 17.9 Å². The minimum absolute atomic E-state index is 0.176. The molecule has 6 heteroatoms. The van der Waals surface area contributed by atoms with Gasteiger partial charge in [0.25, 0.3) is 0 Å². The molecule has 3 N–H and O–H groups in total. The van der Waals surface area contributed by atoms with Crippen molar-refractivity contribution < 1.29 is 29.6 Å². The molecule has 98 valence electrons. The van der Waals surface area contributed by atoms with Crippen LogP contribution in [0.2, 0.25) is 0 Å². The molecule has 0 fully saturated rings. The van der Waals surface area contributed by atoms with Crippen molar-refractivity contribution in [2.45, 2.75) is 20.0 Å². The second-order valence-electron chi connectivity index (χ2n) is 3.30. The van der Waals surface area contributed by atoms with Crippen LogP contribution in [0.25, 0.3) is 0 Å². The van der Waals surface area contributed by atoms with Crippen LogP contribution in [0.3, 0.4) is 0 Å². The lowest BCUT2D eigenvalue weighted by molar-refractivity contribution is -0.142. The van der Waals surface area contributed by atoms with Crippen molar-refractivity contribution in [2.24, 2.45) is 0 Å². The molecule has 0 spiro atoms. The maximum absolute atomic E-state index is 10.6. The minimum Gasteiger partial charge on any atom is -0.478 e. The first-order valence-corrected chi connectivity index (χ1v) is 4.72. The average molecular weight is 246 g/mol. The van der Waals surface area contributed by atoms with Crippen molar-refractivity contribution in [3.8, 4) is 0 Å². The fourth-order valence-electron chi connectivity index (χ4n) is 0.348. The Hall–Kier alpha value is -1.66. The monoisotopic (exact) mass is 246 g/mol. The number of hydrogen-bond donors (Lipinski definition) is 3. The zero-order chi connectivity index (χ0) is 14.0. The SMILES string of the molecule is C=C(C)C(=O)O.C=C(C)C(=O)OCC(O)CO. The molecule has 0 saturated carbocycles. The van der Waals surface area contributed by atoms with E-state index < -0.39 is 24.6 Å². The van der Waals surface area contributed by atoms with Crippen molar-refractivity contribution in [1.82, 2.24) is 0 Å². The number of carbonyl (C=O) groups excluding carboxylic acids is 1. The number of hydrogen-bond acceptors (Lipinski definition) is 5. The van der Waals surface area contributed by atoms with Gasteiger partial charge in [-0.3, -0.25) is 0 Å². The Balaban J connectivity index is 0. The van der Waals surface area contributed by atoms with Gasteiger partial charge in [-0.05, 0) is 13.8 Å². The highest BCUT2D eigenvalue weighted by Gasteiger charge is 2.07. The van der Waals surface area contributed by atoms with Crippen LogP contribution in [-0.2, 0) is 14.3 Å². The van der Waals surface area contributed by atoms with Crippen LogP contribution in [0.5, 0.6) is 0 Å². The number of carbonyl (C=O) groups is 2. The van der Waals surface area contributed by atoms with Gasteiger partial charge in [-0.2, -0.15) is 0 Å². The molecule has 0 aliphatic heterocycles. The van der Waals surface area contributed by atoms with Crippen molar-refractivity contribution in [3.63, 3.8) is 0 Å². The molecule has 1 atom stereocenters. The van der Waals surface area contributed by atoms with E-state index in [1.54, 1.807) is 0 Å². The van der Waals surface area contributed by atoms with E-state index in [-0.39, 0.29) is 17.8 Å². The molecule has 0 amide bonds. The van der Waals surface area contributed by atoms with Gasteiger partial charge in [-0.25, -0.2) is 9.59 Å². The number of aliphatic hydroxyl groups is 2. The van der Waals surface area contributed by atoms with Gasteiger partial charge in [0.05, 0.1) is 6.61 Å². The first kappa shape index (κ1) is 17.7. The molecule has 1 unspecified atom stereocenters. The summed E-state index contributed by atoms with van der Waals surface area (Å²) in [5.41, 5.74) is 0.449. The third kappa shape index (κ3) is 12.3. The molecular weight excluding hydrogens is 228 g/mol. The minimum atomic E-state index is -1.00. The Morgan fingerprint density at radius 2 is 1.65 bits per heavy atom. The molecule has 0 rings (SSSR count). The van der Waals surface area contributed by atoms with Crippen LogP contribution >= 0.6 is 0 Å². The predicted molar refractivity (Wildman–Crippen MR) is 61.3 cm³/mol. The standard InChI is InChI=1S/C7H12O4.C4H6O2/c1-5(2)7(10)11-4-6(9)3-8;1-3(2)4(5)6/h6,8-9H,1,3-4H2,2H3;1H2,2H3,(H,5,6). The first-order chi connectivity index (χ1) is 7.72. The molecule has 0 aliphatic rings. The van der Waals surface area contributed by atoms with Gasteiger partial charge in [0.2, 0.25) is 0 Å². The molecule has 0 bridgehead atoms. The van der Waals surface area contributed by atoms with E-state index in [1.807, 2.05) is 0 Å². The fourth-order valence-corrected chi connectivity index (χ4v) is 0.348. The maximum Gasteiger partial charge on any atom is 0.333 e. The lowest BCUT2D eigenvalue weighted by Gasteiger charge is -2.07. The predicted octanol–water partition coefficient (Wildman–Crippen LogP) is 0.106. The largest absolute Gasteiger partial charge is 0.478 e. The van der Waals surface area contributed by atoms with Gasteiger partial charge < -0.3 is 20.1 Å². The normalized spacial score (nSPS) is 10.6. The van der Waals surface area contributed by atoms with E-state index in [9.17, 15) is 9.59 Å². The maximum atomic E-state index is 10.6. The quantitative estimate of drug-likeness (QED) is 0.469. The number of carboxylic acids is 1. The Labute approximate surface area is 99.8 Å². The lowest BCUT2D eigenvalue weighted by Crippen LogP contribution is -2.22. The molecule has 17 heavy (non-hydrogen) atoms. The van der Waals surface area contributed by atoms with Crippen LogP contribution in [0, 0.1) is 0 Å². The molecular formula is C11H18O6. The summed E-state index contributed by atoms with van der Waals surface area (Å²) in [6.07, 6.45) is -1.00. The van der Waals surface area contributed by atoms with Crippen molar-refractivity contribution in [1.29, 1.82) is 0 Å². The van der Waals surface area contributed by atoms with Crippen LogP contribution in [0.4, 0.5) is 0 Å². The van der Waals surface area contributed by atoms with Crippen molar-refractivity contribution in [2.75, 3.05) is 13.2 Å². The van der Waals surface area contributed by atoms with Gasteiger partial charge >= 0.3 is 11.9 Å². The average Bonchev–Trinajstić information content (AvgIpc) is 2.25. The summed E-state index contributed by atoms with van der Waals surface area (Å²) < 4.78 is 4.51. The molecule has 0 radical (unpaired) electrons. The Morgan fingerprint density at radius 1 is 1.24 bits per heavy atom. The highest BCUT2D eigenvalue weighted by molar-refractivity contribution is 5.86. The number of esters is 1. The Kier molecular flexibility index (Phi) is 9.97. The van der Waals surface area contributed by atoms with Gasteiger partial charge in [-0.1, -0.05) is 13.2 Å². The van der Waals surface area contributed by atoms with Crippen LogP contribution in [0.1, 0.15) is 13.8 Å². The van der Waals surface area contributed by atoms with E-state index in [0.717, 1.165) is 0 Å². The highest BCUT2D eigenvalue weighted by atomic mass is 16.5. The second-order valence-corrected chi connectivity index (χ2v) is 3.30. The molecule has 0 aromatic rings. The zero-order valence-corrected chi connectivity index (χ0v) is 9.97. The van der Waals surface area contributed by atoms with Gasteiger partial charge in [0.1, 0.15) is 12.7 Å². The molecule has 6 nitrogen and oxygen atoms in total. The van der Waals surface area contributed by atoms with E-state index in [0.29, 0.717) is 0 Å². The summed E-state index contributed by atoms with van der Waals surface area (Å²) in [4.78, 5) is 20.2. The van der Waals surface area contributed by atoms with Gasteiger partial charge in [0.15, 0.2) is 0 Å². The summed E-state index contributed by atoms with van der Waals surface area (Å²) >= 11 is 0. The van der Waals surface area contributed by atoms with Crippen molar-refractivity contribution >= 4 is 11.9 Å². The highest BCUT2D eigenvalue weighted by Crippen LogP contribution is 1.93. The number of aliphatic carboxylic acids is 1. The fraction of sp³-hybridized carbons (Fsp3) is 0.455. The van der Waals surface area contributed by atoms with Crippen LogP contribution in [0.15, 0.2) is 24.3 Å². The lowest BCUT2D eigenvalue weighted by atomic mass is 10.3. The van der Waals surface area contributed by atoms with E-state index in [1.165, 1.54) is 13.8 Å². The molecule has 0 heterocycles. The number of ether oxygens (including phenoxy) is 1. The smallest absolute Gasteiger partial charge is 0.333 e. The Morgan fingerprint density at radius 3 is 1.88 bits per heavy atom. The second kappa shape index (κ2) is 9.56. The number of carboxylic acid groups (broad SMARTS) is 1. The Bertz CT molecular complexity index is 282. The van der Waals surface area contributed by atoms with Gasteiger partial charge in [0, 0.05) is 11.1 Å². The van der Waals surface area contributed by atoms with Gasteiger partial charge in [-0.15, -0.1) is 0 Å². The molecule has 0 saturated heterocycles. The molecule has 0 aromatic carbocycles.